The summed E-state index contributed by atoms with van der Waals surface area (Å²) in [7, 11) is 0. The standard InChI is InChI=1S/C30H22N2/c1-2-9-20(10-3-1)30(21-11-8-16-31-19-21)26-14-6-4-12-22(26)24-18-29-25(17-27(24)30)23-13-5-7-15-28(23)32-29/h1-17,19,29,32H,18H2. The van der Waals surface area contributed by atoms with Gasteiger partial charge in [-0.25, -0.2) is 0 Å². The fraction of sp³-hybridized carbons (Fsp3) is 0.100. The molecule has 1 N–H and O–H groups in total. The van der Waals surface area contributed by atoms with E-state index in [1.54, 1.807) is 0 Å². The van der Waals surface area contributed by atoms with Crippen LogP contribution in [-0.2, 0) is 5.41 Å². The number of anilines is 1. The first kappa shape index (κ1) is 17.7. The van der Waals surface area contributed by atoms with Gasteiger partial charge in [-0.3, -0.25) is 4.98 Å². The summed E-state index contributed by atoms with van der Waals surface area (Å²) in [6.07, 6.45) is 7.38. The Labute approximate surface area is 188 Å². The van der Waals surface area contributed by atoms with Crippen LogP contribution in [0.1, 0.15) is 34.2 Å². The van der Waals surface area contributed by atoms with Gasteiger partial charge in [0.2, 0.25) is 0 Å². The van der Waals surface area contributed by atoms with E-state index >= 15 is 0 Å². The molecule has 2 heteroatoms. The number of pyridine rings is 1. The molecule has 0 fully saturated rings. The number of nitrogens with zero attached hydrogens (tertiary/aromatic N) is 1. The summed E-state index contributed by atoms with van der Waals surface area (Å²) in [6, 6.07) is 33.2. The van der Waals surface area contributed by atoms with Gasteiger partial charge in [-0.2, -0.15) is 0 Å². The number of nitrogens with one attached hydrogen (secondary N) is 1. The Bertz CT molecular complexity index is 1370. The lowest BCUT2D eigenvalue weighted by atomic mass is 9.66. The Morgan fingerprint density at radius 2 is 1.50 bits per heavy atom. The van der Waals surface area contributed by atoms with Gasteiger partial charge in [0.25, 0.3) is 0 Å². The van der Waals surface area contributed by atoms with Crippen molar-refractivity contribution in [1.82, 2.24) is 4.98 Å². The third-order valence-electron chi connectivity index (χ3n) is 7.34. The van der Waals surface area contributed by atoms with Gasteiger partial charge in [-0.05, 0) is 57.5 Å². The van der Waals surface area contributed by atoms with Crippen LogP contribution < -0.4 is 5.32 Å². The van der Waals surface area contributed by atoms with Gasteiger partial charge in [-0.1, -0.05) is 84.9 Å². The van der Waals surface area contributed by atoms with E-state index in [1.165, 1.54) is 50.2 Å². The molecule has 2 heterocycles. The van der Waals surface area contributed by atoms with Gasteiger partial charge < -0.3 is 5.32 Å². The number of aromatic nitrogens is 1. The van der Waals surface area contributed by atoms with Gasteiger partial charge in [-0.15, -0.1) is 0 Å². The predicted octanol–water partition coefficient (Wildman–Crippen LogP) is 6.46. The Kier molecular flexibility index (Phi) is 3.63. The molecular weight excluding hydrogens is 388 g/mol. The third kappa shape index (κ3) is 2.22. The van der Waals surface area contributed by atoms with Crippen molar-refractivity contribution in [2.45, 2.75) is 17.9 Å². The van der Waals surface area contributed by atoms with Crippen molar-refractivity contribution < 1.29 is 0 Å². The predicted molar refractivity (Wildman–Crippen MR) is 130 cm³/mol. The number of hydrogen-bond donors (Lipinski definition) is 1. The highest BCUT2D eigenvalue weighted by Gasteiger charge is 2.49. The number of para-hydroxylation sites is 1. The molecule has 0 saturated heterocycles. The molecule has 0 radical (unpaired) electrons. The van der Waals surface area contributed by atoms with Crippen molar-refractivity contribution in [3.8, 4) is 0 Å². The van der Waals surface area contributed by atoms with Crippen LogP contribution in [0.15, 0.2) is 115 Å². The first-order valence-electron chi connectivity index (χ1n) is 11.2. The molecule has 3 aliphatic rings. The molecule has 0 saturated carbocycles. The highest BCUT2D eigenvalue weighted by molar-refractivity contribution is 5.98. The minimum Gasteiger partial charge on any atom is -0.377 e. The van der Waals surface area contributed by atoms with E-state index in [9.17, 15) is 0 Å². The molecule has 4 aromatic rings. The van der Waals surface area contributed by atoms with E-state index in [2.05, 4.69) is 107 Å². The summed E-state index contributed by atoms with van der Waals surface area (Å²) in [5.41, 5.74) is 11.7. The molecular formula is C30H22N2. The number of allylic oxidation sites excluding steroid dienone is 2. The molecule has 0 bridgehead atoms. The van der Waals surface area contributed by atoms with E-state index in [4.69, 9.17) is 0 Å². The van der Waals surface area contributed by atoms with Gasteiger partial charge in [0.1, 0.15) is 0 Å². The first-order chi connectivity index (χ1) is 15.9. The van der Waals surface area contributed by atoms with Crippen molar-refractivity contribution in [2.75, 3.05) is 5.32 Å². The maximum absolute atomic E-state index is 4.56. The zero-order valence-corrected chi connectivity index (χ0v) is 17.6. The molecule has 1 aliphatic heterocycles. The average molecular weight is 411 g/mol. The van der Waals surface area contributed by atoms with E-state index < -0.39 is 0 Å². The Balaban J connectivity index is 1.58. The molecule has 152 valence electrons. The fourth-order valence-electron chi connectivity index (χ4n) is 6.08. The van der Waals surface area contributed by atoms with E-state index in [1.807, 2.05) is 12.4 Å². The maximum atomic E-state index is 4.56. The van der Waals surface area contributed by atoms with Crippen molar-refractivity contribution in [1.29, 1.82) is 0 Å². The van der Waals surface area contributed by atoms with Gasteiger partial charge in [0.15, 0.2) is 0 Å². The second-order valence-electron chi connectivity index (χ2n) is 8.84. The smallest absolute Gasteiger partial charge is 0.0725 e. The van der Waals surface area contributed by atoms with Crippen molar-refractivity contribution in [3.05, 3.63) is 143 Å². The fourth-order valence-corrected chi connectivity index (χ4v) is 6.08. The maximum Gasteiger partial charge on any atom is 0.0725 e. The molecule has 0 amide bonds. The van der Waals surface area contributed by atoms with Crippen LogP contribution in [0.3, 0.4) is 0 Å². The molecule has 7 rings (SSSR count). The van der Waals surface area contributed by atoms with Crippen molar-refractivity contribution >= 4 is 16.8 Å². The number of rotatable bonds is 2. The zero-order valence-electron chi connectivity index (χ0n) is 17.6. The number of fused-ring (bicyclic) bond motifs is 5. The van der Waals surface area contributed by atoms with Crippen LogP contribution in [0, 0.1) is 0 Å². The highest BCUT2D eigenvalue weighted by Crippen LogP contribution is 2.59. The van der Waals surface area contributed by atoms with Crippen LogP contribution in [0.2, 0.25) is 0 Å². The number of benzene rings is 3. The zero-order chi connectivity index (χ0) is 21.1. The summed E-state index contributed by atoms with van der Waals surface area (Å²) in [5.74, 6) is 0. The topological polar surface area (TPSA) is 24.9 Å². The normalized spacial score (nSPS) is 22.4. The molecule has 1 aromatic heterocycles. The van der Waals surface area contributed by atoms with Crippen LogP contribution in [0.5, 0.6) is 0 Å². The SMILES string of the molecule is C1=C2c3ccccc3NC2CC2=C1C(c1ccccc1)(c1cccnc1)c1ccccc12. The molecule has 2 unspecified atom stereocenters. The van der Waals surface area contributed by atoms with E-state index in [-0.39, 0.29) is 5.41 Å². The van der Waals surface area contributed by atoms with Gasteiger partial charge in [0, 0.05) is 23.6 Å². The summed E-state index contributed by atoms with van der Waals surface area (Å²) in [5, 5.41) is 3.77. The lowest BCUT2D eigenvalue weighted by molar-refractivity contribution is 0.750. The Morgan fingerprint density at radius 1 is 0.750 bits per heavy atom. The van der Waals surface area contributed by atoms with E-state index in [0.29, 0.717) is 6.04 Å². The molecule has 32 heavy (non-hydrogen) atoms. The van der Waals surface area contributed by atoms with Crippen molar-refractivity contribution in [3.63, 3.8) is 0 Å². The van der Waals surface area contributed by atoms with Crippen LogP contribution >= 0.6 is 0 Å². The lowest BCUT2D eigenvalue weighted by Gasteiger charge is -2.36. The average Bonchev–Trinajstić information content (AvgIpc) is 3.37. The summed E-state index contributed by atoms with van der Waals surface area (Å²) in [6.45, 7) is 0. The molecule has 2 aliphatic carbocycles. The molecule has 2 nitrogen and oxygen atoms in total. The minimum absolute atomic E-state index is 0.319. The van der Waals surface area contributed by atoms with E-state index in [0.717, 1.165) is 6.42 Å². The largest absolute Gasteiger partial charge is 0.377 e. The van der Waals surface area contributed by atoms with Crippen LogP contribution in [0.4, 0.5) is 5.69 Å². The van der Waals surface area contributed by atoms with Gasteiger partial charge >= 0.3 is 0 Å². The van der Waals surface area contributed by atoms with Crippen molar-refractivity contribution in [2.24, 2.45) is 0 Å². The molecule has 3 aromatic carbocycles. The van der Waals surface area contributed by atoms with Crippen LogP contribution in [0.25, 0.3) is 11.1 Å². The van der Waals surface area contributed by atoms with Crippen LogP contribution in [-0.4, -0.2) is 11.0 Å². The monoisotopic (exact) mass is 410 g/mol. The van der Waals surface area contributed by atoms with Gasteiger partial charge in [0.05, 0.1) is 11.5 Å². The number of hydrogen-bond acceptors (Lipinski definition) is 2. The molecule has 2 atom stereocenters. The second kappa shape index (κ2) is 6.54. The Hall–Kier alpha value is -3.91. The quantitative estimate of drug-likeness (QED) is 0.410. The third-order valence-corrected chi connectivity index (χ3v) is 7.34. The summed E-state index contributed by atoms with van der Waals surface area (Å²) in [4.78, 5) is 4.56. The molecule has 0 spiro atoms. The second-order valence-corrected chi connectivity index (χ2v) is 8.84. The first-order valence-corrected chi connectivity index (χ1v) is 11.2. The summed E-state index contributed by atoms with van der Waals surface area (Å²) >= 11 is 0. The minimum atomic E-state index is -0.364. The summed E-state index contributed by atoms with van der Waals surface area (Å²) < 4.78 is 0. The Morgan fingerprint density at radius 3 is 2.34 bits per heavy atom. The highest BCUT2D eigenvalue weighted by atomic mass is 15.0. The lowest BCUT2D eigenvalue weighted by Crippen LogP contribution is -2.30.